The number of hydrogen-bond donors (Lipinski definition) is 0. The summed E-state index contributed by atoms with van der Waals surface area (Å²) in [7, 11) is 0. The molecule has 0 spiro atoms. The Morgan fingerprint density at radius 2 is 1.54 bits per heavy atom. The number of nitrogens with zero attached hydrogens (tertiary/aromatic N) is 1. The number of carbonyl (C=O) groups is 1. The molecule has 0 saturated heterocycles. The van der Waals surface area contributed by atoms with Gasteiger partial charge in [0.15, 0.2) is 0 Å². The number of carboxylic acids is 1. The summed E-state index contributed by atoms with van der Waals surface area (Å²) in [6.45, 7) is 0.972. The molecule has 0 saturated carbocycles. The largest absolute Gasteiger partial charge is 2.00 e. The first kappa shape index (κ1) is 23.2. The zero-order valence-electron chi connectivity index (χ0n) is 7.07. The summed E-state index contributed by atoms with van der Waals surface area (Å²) in [4.78, 5) is 12.7. The van der Waals surface area contributed by atoms with Crippen LogP contribution in [0.25, 0.3) is 0 Å². The van der Waals surface area contributed by atoms with Crippen molar-refractivity contribution in [2.75, 3.05) is 0 Å². The minimum atomic E-state index is -1.08. The zero-order chi connectivity index (χ0) is 7.82. The van der Waals surface area contributed by atoms with Crippen molar-refractivity contribution in [1.82, 2.24) is 4.98 Å². The van der Waals surface area contributed by atoms with Gasteiger partial charge in [0.05, 0.1) is 0 Å². The van der Waals surface area contributed by atoms with Crippen LogP contribution in [0.3, 0.4) is 0 Å². The molecule has 0 aliphatic heterocycles. The summed E-state index contributed by atoms with van der Waals surface area (Å²) in [5.74, 6) is -1.08. The first-order valence-corrected chi connectivity index (χ1v) is 2.76. The van der Waals surface area contributed by atoms with Gasteiger partial charge < -0.3 is 15.4 Å². The molecule has 0 amide bonds. The summed E-state index contributed by atoms with van der Waals surface area (Å²) in [6, 6.07) is 5.72. The zero-order valence-corrected chi connectivity index (χ0v) is 12.6. The topological polar surface area (TPSA) is 81.5 Å². The number of carbonyl (C=O) groups excluding carboxylic acids is 1. The Kier molecular flexibility index (Phi) is 32.4. The van der Waals surface area contributed by atoms with E-state index in [2.05, 4.69) is 4.98 Å². The molecular formula is C7H8AgCdNO3. The molecule has 0 fully saturated rings. The number of hydrogen-bond acceptors (Lipinski definition) is 3. The van der Waals surface area contributed by atoms with Crippen LogP contribution in [0.1, 0.15) is 6.92 Å². The molecule has 1 aromatic heterocycles. The van der Waals surface area contributed by atoms with E-state index in [1.165, 1.54) is 0 Å². The number of aromatic nitrogens is 1. The van der Waals surface area contributed by atoms with E-state index in [0.29, 0.717) is 0 Å². The summed E-state index contributed by atoms with van der Waals surface area (Å²) in [5.41, 5.74) is 0. The van der Waals surface area contributed by atoms with E-state index in [4.69, 9.17) is 9.90 Å². The molecule has 4 nitrogen and oxygen atoms in total. The van der Waals surface area contributed by atoms with Crippen LogP contribution in [0, 0.1) is 0 Å². The first-order valence-electron chi connectivity index (χ1n) is 2.76. The van der Waals surface area contributed by atoms with Gasteiger partial charge in [0.25, 0.3) is 0 Å². The third-order valence-electron chi connectivity index (χ3n) is 0.566. The van der Waals surface area contributed by atoms with Crippen molar-refractivity contribution in [2.24, 2.45) is 0 Å². The average molecular weight is 374 g/mol. The van der Waals surface area contributed by atoms with Gasteiger partial charge in [-0.25, -0.2) is 0 Å². The molecule has 6 heteroatoms. The summed E-state index contributed by atoms with van der Waals surface area (Å²) in [5, 5.41) is 8.89. The third-order valence-corrected chi connectivity index (χ3v) is 0.566. The number of aliphatic carboxylic acids is 1. The second-order valence-corrected chi connectivity index (χ2v) is 1.52. The molecule has 0 aromatic carbocycles. The average Bonchev–Trinajstić information content (AvgIpc) is 1.90. The van der Waals surface area contributed by atoms with Crippen molar-refractivity contribution >= 4 is 5.97 Å². The Hall–Kier alpha value is 0.242. The van der Waals surface area contributed by atoms with E-state index in [9.17, 15) is 0 Å². The molecule has 0 atom stereocenters. The fourth-order valence-corrected chi connectivity index (χ4v) is 0.313. The van der Waals surface area contributed by atoms with Crippen molar-refractivity contribution in [3.63, 3.8) is 0 Å². The van der Waals surface area contributed by atoms with Crippen molar-refractivity contribution in [3.8, 4) is 0 Å². The predicted octanol–water partition coefficient (Wildman–Crippen LogP) is -0.286. The molecule has 1 heterocycles. The Balaban J connectivity index is -0.0000000536. The van der Waals surface area contributed by atoms with Gasteiger partial charge in [-0.2, -0.15) is 0 Å². The van der Waals surface area contributed by atoms with Crippen LogP contribution in [-0.2, 0) is 59.9 Å². The van der Waals surface area contributed by atoms with Gasteiger partial charge in [-0.15, -0.1) is 0 Å². The van der Waals surface area contributed by atoms with Gasteiger partial charge in [0.1, 0.15) is 0 Å². The van der Waals surface area contributed by atoms with Gasteiger partial charge in [-0.05, 0) is 19.1 Å². The standard InChI is InChI=1S/C5H5N.C2H4O2.Ag.Cd.O/c1-2-4-6-5-3-1;1-2(3)4;;;/h1-5H;1H3,(H,3,4);;;/q;;+1;+2;-2/p-1. The normalized spacial score (nSPS) is 5.62. The molecule has 0 N–H and O–H groups in total. The molecular weight excluding hydrogens is 366 g/mol. The minimum Gasteiger partial charge on any atom is -2.00 e. The van der Waals surface area contributed by atoms with Gasteiger partial charge in [0, 0.05) is 18.4 Å². The minimum absolute atomic E-state index is 0. The maximum absolute atomic E-state index is 8.89. The van der Waals surface area contributed by atoms with E-state index >= 15 is 0 Å². The van der Waals surface area contributed by atoms with Crippen molar-refractivity contribution in [1.29, 1.82) is 0 Å². The molecule has 0 bridgehead atoms. The van der Waals surface area contributed by atoms with Crippen LogP contribution < -0.4 is 5.11 Å². The number of pyridine rings is 1. The Labute approximate surface area is 113 Å². The third kappa shape index (κ3) is 33.0. The molecule has 0 aliphatic carbocycles. The van der Waals surface area contributed by atoms with Crippen LogP contribution in [-0.4, -0.2) is 11.0 Å². The van der Waals surface area contributed by atoms with E-state index in [1.54, 1.807) is 12.4 Å². The Morgan fingerprint density at radius 3 is 1.62 bits per heavy atom. The monoisotopic (exact) mass is 375 g/mol. The molecule has 13 heavy (non-hydrogen) atoms. The SMILES string of the molecule is CC(=O)[O-].[Ag+].[Cd+2].[O-2].c1ccncc1. The second-order valence-electron chi connectivity index (χ2n) is 1.52. The number of rotatable bonds is 0. The molecule has 0 aliphatic rings. The molecule has 1 aromatic rings. The van der Waals surface area contributed by atoms with E-state index < -0.39 is 5.97 Å². The van der Waals surface area contributed by atoms with Gasteiger partial charge in [-0.1, -0.05) is 6.07 Å². The Morgan fingerprint density at radius 1 is 1.23 bits per heavy atom. The van der Waals surface area contributed by atoms with E-state index in [0.717, 1.165) is 6.92 Å². The van der Waals surface area contributed by atoms with Crippen LogP contribution in [0.15, 0.2) is 30.6 Å². The Bertz CT molecular complexity index is 156. The molecule has 72 valence electrons. The van der Waals surface area contributed by atoms with Crippen LogP contribution in [0.5, 0.6) is 0 Å². The van der Waals surface area contributed by atoms with Crippen molar-refractivity contribution in [2.45, 2.75) is 6.92 Å². The smallest absolute Gasteiger partial charge is 2.00 e. The van der Waals surface area contributed by atoms with E-state index in [-0.39, 0.29) is 55.2 Å². The van der Waals surface area contributed by atoms with Crippen LogP contribution >= 0.6 is 0 Å². The van der Waals surface area contributed by atoms with E-state index in [1.807, 2.05) is 18.2 Å². The van der Waals surface area contributed by atoms with Crippen LogP contribution in [0.2, 0.25) is 0 Å². The number of carboxylic acid groups (broad SMARTS) is 1. The molecule has 1 rings (SSSR count). The molecule has 0 radical (unpaired) electrons. The van der Waals surface area contributed by atoms with Gasteiger partial charge in [-0.3, -0.25) is 4.98 Å². The maximum Gasteiger partial charge on any atom is 2.00 e. The van der Waals surface area contributed by atoms with Gasteiger partial charge in [0.2, 0.25) is 0 Å². The first-order chi connectivity index (χ1) is 4.73. The van der Waals surface area contributed by atoms with Crippen molar-refractivity contribution in [3.05, 3.63) is 30.6 Å². The summed E-state index contributed by atoms with van der Waals surface area (Å²) < 4.78 is 0. The van der Waals surface area contributed by atoms with Crippen molar-refractivity contribution < 1.29 is 65.1 Å². The summed E-state index contributed by atoms with van der Waals surface area (Å²) in [6.07, 6.45) is 3.50. The molecule has 0 unspecified atom stereocenters. The van der Waals surface area contributed by atoms with Gasteiger partial charge >= 0.3 is 49.7 Å². The maximum atomic E-state index is 8.89. The quantitative estimate of drug-likeness (QED) is 0.586. The van der Waals surface area contributed by atoms with Crippen LogP contribution in [0.4, 0.5) is 0 Å². The fourth-order valence-electron chi connectivity index (χ4n) is 0.313. The predicted molar refractivity (Wildman–Crippen MR) is 35.6 cm³/mol. The summed E-state index contributed by atoms with van der Waals surface area (Å²) >= 11 is 0. The second kappa shape index (κ2) is 18.1. The fraction of sp³-hybridized carbons (Fsp3) is 0.143.